The lowest BCUT2D eigenvalue weighted by molar-refractivity contribution is 0.103. The third kappa shape index (κ3) is 1.86. The first-order valence-electron chi connectivity index (χ1n) is 4.88. The first-order chi connectivity index (χ1) is 7.59. The quantitative estimate of drug-likeness (QED) is 0.749. The first-order valence-corrected chi connectivity index (χ1v) is 5.26. The molecular weight excluding hydrogens is 224 g/mol. The Labute approximate surface area is 98.7 Å². The number of hydrogen-bond acceptors (Lipinski definition) is 2. The van der Waals surface area contributed by atoms with Crippen molar-refractivity contribution in [2.24, 2.45) is 7.05 Å². The summed E-state index contributed by atoms with van der Waals surface area (Å²) in [6, 6.07) is 7.39. The molecule has 1 aromatic carbocycles. The maximum absolute atomic E-state index is 12.1. The van der Waals surface area contributed by atoms with Gasteiger partial charge in [0.15, 0.2) is 0 Å². The van der Waals surface area contributed by atoms with Gasteiger partial charge in [-0.05, 0) is 6.92 Å². The molecule has 3 nitrogen and oxygen atoms in total. The van der Waals surface area contributed by atoms with Gasteiger partial charge in [0.25, 0.3) is 0 Å². The van der Waals surface area contributed by atoms with E-state index in [-0.39, 0.29) is 5.78 Å². The lowest BCUT2D eigenvalue weighted by atomic mass is 10.1. The fourth-order valence-corrected chi connectivity index (χ4v) is 1.76. The number of nitrogens with zero attached hydrogens (tertiary/aromatic N) is 2. The second-order valence-electron chi connectivity index (χ2n) is 3.66. The summed E-state index contributed by atoms with van der Waals surface area (Å²) in [7, 11) is 1.70. The average molecular weight is 235 g/mol. The van der Waals surface area contributed by atoms with E-state index in [1.807, 2.05) is 19.1 Å². The second-order valence-corrected chi connectivity index (χ2v) is 4.07. The number of carbonyl (C=O) groups excluding carboxylic acids is 1. The zero-order valence-corrected chi connectivity index (χ0v) is 9.82. The maximum Gasteiger partial charge on any atom is 0.212 e. The summed E-state index contributed by atoms with van der Waals surface area (Å²) in [5.41, 5.74) is 2.16. The van der Waals surface area contributed by atoms with Crippen LogP contribution in [-0.4, -0.2) is 15.6 Å². The van der Waals surface area contributed by atoms with E-state index in [4.69, 9.17) is 11.6 Å². The first kappa shape index (κ1) is 10.9. The van der Waals surface area contributed by atoms with Crippen LogP contribution >= 0.6 is 11.6 Å². The van der Waals surface area contributed by atoms with Crippen LogP contribution in [-0.2, 0) is 7.05 Å². The Morgan fingerprint density at radius 1 is 1.31 bits per heavy atom. The molecule has 1 heterocycles. The van der Waals surface area contributed by atoms with E-state index in [0.717, 1.165) is 5.56 Å². The zero-order valence-electron chi connectivity index (χ0n) is 9.07. The molecule has 1 aromatic heterocycles. The van der Waals surface area contributed by atoms with Crippen LogP contribution in [0, 0.1) is 6.92 Å². The van der Waals surface area contributed by atoms with Crippen molar-refractivity contribution in [1.82, 2.24) is 9.78 Å². The van der Waals surface area contributed by atoms with Crippen LogP contribution in [0.25, 0.3) is 0 Å². The summed E-state index contributed by atoms with van der Waals surface area (Å²) in [4.78, 5) is 12.1. The van der Waals surface area contributed by atoms with Crippen LogP contribution in [0.2, 0.25) is 5.02 Å². The molecular formula is C12H11ClN2O. The van der Waals surface area contributed by atoms with Gasteiger partial charge < -0.3 is 0 Å². The van der Waals surface area contributed by atoms with Gasteiger partial charge in [0, 0.05) is 12.6 Å². The second kappa shape index (κ2) is 4.10. The molecule has 0 atom stereocenters. The summed E-state index contributed by atoms with van der Waals surface area (Å²) in [5.74, 6) is -0.106. The molecule has 0 aliphatic heterocycles. The van der Waals surface area contributed by atoms with Crippen molar-refractivity contribution in [3.63, 3.8) is 0 Å². The van der Waals surface area contributed by atoms with E-state index in [1.165, 1.54) is 10.9 Å². The van der Waals surface area contributed by atoms with Crippen LogP contribution < -0.4 is 0 Å². The summed E-state index contributed by atoms with van der Waals surface area (Å²) >= 11 is 5.92. The number of hydrogen-bond donors (Lipinski definition) is 0. The lowest BCUT2D eigenvalue weighted by Crippen LogP contribution is -2.08. The zero-order chi connectivity index (χ0) is 11.7. The van der Waals surface area contributed by atoms with Gasteiger partial charge >= 0.3 is 0 Å². The van der Waals surface area contributed by atoms with Crippen LogP contribution in [0.5, 0.6) is 0 Å². The molecule has 0 unspecified atom stereocenters. The number of rotatable bonds is 2. The smallest absolute Gasteiger partial charge is 0.212 e. The Hall–Kier alpha value is -1.61. The van der Waals surface area contributed by atoms with Crippen LogP contribution in [0.3, 0.4) is 0 Å². The van der Waals surface area contributed by atoms with E-state index in [0.29, 0.717) is 16.3 Å². The Balaban J connectivity index is 2.43. The Morgan fingerprint density at radius 3 is 2.44 bits per heavy atom. The predicted molar refractivity (Wildman–Crippen MR) is 62.8 cm³/mol. The van der Waals surface area contributed by atoms with Gasteiger partial charge in [0.05, 0.1) is 11.2 Å². The van der Waals surface area contributed by atoms with Gasteiger partial charge in [-0.25, -0.2) is 0 Å². The molecule has 0 amide bonds. The number of halogens is 1. The summed E-state index contributed by atoms with van der Waals surface area (Å²) < 4.78 is 1.49. The molecule has 4 heteroatoms. The number of ketones is 1. The monoisotopic (exact) mass is 234 g/mol. The molecule has 2 rings (SSSR count). The molecule has 16 heavy (non-hydrogen) atoms. The Morgan fingerprint density at radius 2 is 1.94 bits per heavy atom. The van der Waals surface area contributed by atoms with Gasteiger partial charge in [-0.1, -0.05) is 41.4 Å². The van der Waals surface area contributed by atoms with Gasteiger partial charge in [-0.3, -0.25) is 9.48 Å². The standard InChI is InChI=1S/C12H11ClN2O/c1-8-3-5-9(6-4-8)12(16)11-10(13)7-14-15(11)2/h3-7H,1-2H3. The largest absolute Gasteiger partial charge is 0.287 e. The number of aromatic nitrogens is 2. The molecule has 0 spiro atoms. The topological polar surface area (TPSA) is 34.9 Å². The van der Waals surface area contributed by atoms with Crippen molar-refractivity contribution in [2.75, 3.05) is 0 Å². The van der Waals surface area contributed by atoms with E-state index >= 15 is 0 Å². The minimum atomic E-state index is -0.106. The average Bonchev–Trinajstić information content (AvgIpc) is 2.59. The predicted octanol–water partition coefficient (Wildman–Crippen LogP) is 2.61. The van der Waals surface area contributed by atoms with Crippen molar-refractivity contribution in [2.45, 2.75) is 6.92 Å². The van der Waals surface area contributed by atoms with Gasteiger partial charge in [0.1, 0.15) is 5.69 Å². The minimum Gasteiger partial charge on any atom is -0.287 e. The molecule has 0 N–H and O–H groups in total. The van der Waals surface area contributed by atoms with Crippen molar-refractivity contribution >= 4 is 17.4 Å². The summed E-state index contributed by atoms with van der Waals surface area (Å²) in [5, 5.41) is 4.33. The van der Waals surface area contributed by atoms with Crippen molar-refractivity contribution < 1.29 is 4.79 Å². The lowest BCUT2D eigenvalue weighted by Gasteiger charge is -2.02. The fraction of sp³-hybridized carbons (Fsp3) is 0.167. The summed E-state index contributed by atoms with van der Waals surface area (Å²) in [6.07, 6.45) is 1.48. The molecule has 82 valence electrons. The van der Waals surface area contributed by atoms with Crippen LogP contribution in [0.15, 0.2) is 30.5 Å². The molecule has 0 fully saturated rings. The minimum absolute atomic E-state index is 0.106. The third-order valence-corrected chi connectivity index (χ3v) is 2.70. The van der Waals surface area contributed by atoms with E-state index in [2.05, 4.69) is 5.10 Å². The van der Waals surface area contributed by atoms with E-state index < -0.39 is 0 Å². The normalized spacial score (nSPS) is 10.4. The Kier molecular flexibility index (Phi) is 2.79. The maximum atomic E-state index is 12.1. The van der Waals surface area contributed by atoms with Crippen LogP contribution in [0.4, 0.5) is 0 Å². The van der Waals surface area contributed by atoms with Crippen molar-refractivity contribution in [3.8, 4) is 0 Å². The van der Waals surface area contributed by atoms with Gasteiger partial charge in [0.2, 0.25) is 5.78 Å². The Bertz CT molecular complexity index is 509. The third-order valence-electron chi connectivity index (χ3n) is 2.42. The van der Waals surface area contributed by atoms with Crippen molar-refractivity contribution in [3.05, 3.63) is 52.3 Å². The van der Waals surface area contributed by atoms with Crippen molar-refractivity contribution in [1.29, 1.82) is 0 Å². The highest BCUT2D eigenvalue weighted by molar-refractivity contribution is 6.34. The van der Waals surface area contributed by atoms with E-state index in [1.54, 1.807) is 19.2 Å². The fourth-order valence-electron chi connectivity index (χ4n) is 1.51. The SMILES string of the molecule is Cc1ccc(C(=O)c2c(Cl)cnn2C)cc1. The highest BCUT2D eigenvalue weighted by Gasteiger charge is 2.16. The molecule has 0 aliphatic carbocycles. The molecule has 2 aromatic rings. The van der Waals surface area contributed by atoms with E-state index in [9.17, 15) is 4.79 Å². The summed E-state index contributed by atoms with van der Waals surface area (Å²) in [6.45, 7) is 1.98. The highest BCUT2D eigenvalue weighted by atomic mass is 35.5. The van der Waals surface area contributed by atoms with Gasteiger partial charge in [-0.15, -0.1) is 0 Å². The number of benzene rings is 1. The van der Waals surface area contributed by atoms with Gasteiger partial charge in [-0.2, -0.15) is 5.10 Å². The molecule has 0 saturated heterocycles. The molecule has 0 radical (unpaired) electrons. The number of carbonyl (C=O) groups is 1. The highest BCUT2D eigenvalue weighted by Crippen LogP contribution is 2.18. The molecule has 0 aliphatic rings. The molecule has 0 bridgehead atoms. The van der Waals surface area contributed by atoms with Crippen LogP contribution in [0.1, 0.15) is 21.6 Å². The number of aryl methyl sites for hydroxylation is 2. The molecule has 0 saturated carbocycles.